The fourth-order valence-electron chi connectivity index (χ4n) is 10.7. The van der Waals surface area contributed by atoms with E-state index >= 15 is 0 Å². The van der Waals surface area contributed by atoms with Crippen LogP contribution in [0.1, 0.15) is 101 Å². The van der Waals surface area contributed by atoms with Gasteiger partial charge in [0.15, 0.2) is 0 Å². The monoisotopic (exact) mass is 783 g/mol. The van der Waals surface area contributed by atoms with Gasteiger partial charge in [0.1, 0.15) is 0 Å². The van der Waals surface area contributed by atoms with Gasteiger partial charge in [0.05, 0.1) is 5.03 Å². The molecule has 2 aliphatic heterocycles. The van der Waals surface area contributed by atoms with Crippen molar-refractivity contribution in [1.82, 2.24) is 40.2 Å². The smallest absolute Gasteiger partial charge is 0.317 e. The lowest BCUT2D eigenvalue weighted by atomic mass is 9.73. The zero-order chi connectivity index (χ0) is 39.5. The third-order valence-corrected chi connectivity index (χ3v) is 14.0. The molecule has 2 fully saturated rings. The number of nitrogens with zero attached hydrogens (tertiary/aromatic N) is 4. The Morgan fingerprint density at radius 3 is 1.77 bits per heavy atom. The molecule has 4 aliphatic rings. The van der Waals surface area contributed by atoms with Crippen LogP contribution in [0, 0.1) is 0 Å². The van der Waals surface area contributed by atoms with Gasteiger partial charge in [-0.3, -0.25) is 9.80 Å². The van der Waals surface area contributed by atoms with Crippen molar-refractivity contribution in [2.24, 2.45) is 0 Å². The lowest BCUT2D eigenvalue weighted by Gasteiger charge is -2.47. The fourth-order valence-corrected chi connectivity index (χ4v) is 11.3. The van der Waals surface area contributed by atoms with Crippen LogP contribution in [0.15, 0.2) is 47.6 Å². The van der Waals surface area contributed by atoms with Crippen LogP contribution in [0.4, 0.5) is 9.59 Å². The predicted molar refractivity (Wildman–Crippen MR) is 232 cm³/mol. The number of carbonyl (C=O) groups is 2. The number of amides is 4. The van der Waals surface area contributed by atoms with Crippen molar-refractivity contribution in [3.8, 4) is 0 Å². The van der Waals surface area contributed by atoms with Crippen LogP contribution >= 0.6 is 11.8 Å². The Morgan fingerprint density at radius 2 is 1.25 bits per heavy atom. The highest BCUT2D eigenvalue weighted by Gasteiger charge is 2.43. The molecular weight excluding hydrogens is 717 g/mol. The first-order chi connectivity index (χ1) is 27.3. The number of piperidine rings is 2. The van der Waals surface area contributed by atoms with Crippen LogP contribution in [0.2, 0.25) is 0 Å². The maximum Gasteiger partial charge on any atom is 0.317 e. The largest absolute Gasteiger partial charge is 0.361 e. The standard InChI is InChI=1S/C23H34N4OS.C22H32N4O/c1-5-11-27-14-15(24-23(28)26(6-2)7-3)12-17-16-9-8-10-19-21(16)18(13-20(17)27)22(25-19)29-4;1-4-10-26-14-16(24-22(27)25(5-2)6-3)12-18-17-8-7-9-19-21(17)15(13-23-19)11-20(18)26/h8-10,15,17,20,25H,5-7,11-14H2,1-4H3,(H,24,28);7-9,13,16,18,20,23H,4-6,10-12,14H2,1-3H3,(H,24,27)/t15-,17+,20+;16-,18+,20+/m00/s1. The third kappa shape index (κ3) is 7.80. The molecule has 4 heterocycles. The number of benzene rings is 2. The summed E-state index contributed by atoms with van der Waals surface area (Å²) in [5.74, 6) is 0.957. The molecule has 0 bridgehead atoms. The van der Waals surface area contributed by atoms with Crippen molar-refractivity contribution in [2.75, 3.05) is 58.6 Å². The summed E-state index contributed by atoms with van der Waals surface area (Å²) >= 11 is 1.82. The summed E-state index contributed by atoms with van der Waals surface area (Å²) in [6.07, 6.45) is 10.9. The highest BCUT2D eigenvalue weighted by atomic mass is 32.2. The van der Waals surface area contributed by atoms with E-state index in [9.17, 15) is 9.59 Å². The van der Waals surface area contributed by atoms with Crippen molar-refractivity contribution in [3.05, 3.63) is 64.8 Å². The van der Waals surface area contributed by atoms with Crippen molar-refractivity contribution < 1.29 is 9.59 Å². The Labute approximate surface area is 338 Å². The maximum atomic E-state index is 12.7. The van der Waals surface area contributed by atoms with Gasteiger partial charge in [0.2, 0.25) is 0 Å². The molecule has 2 aromatic carbocycles. The summed E-state index contributed by atoms with van der Waals surface area (Å²) in [6.45, 7) is 19.8. The lowest BCUT2D eigenvalue weighted by molar-refractivity contribution is 0.0975. The summed E-state index contributed by atoms with van der Waals surface area (Å²) in [5.41, 5.74) is 8.38. The molecule has 0 spiro atoms. The Kier molecular flexibility index (Phi) is 12.9. The second-order valence-corrected chi connectivity index (χ2v) is 17.2. The molecule has 11 heteroatoms. The summed E-state index contributed by atoms with van der Waals surface area (Å²) < 4.78 is 0. The molecule has 4 amide bonds. The quantitative estimate of drug-likeness (QED) is 0.115. The first-order valence-corrected chi connectivity index (χ1v) is 22.8. The maximum absolute atomic E-state index is 12.7. The van der Waals surface area contributed by atoms with Crippen molar-refractivity contribution >= 4 is 45.6 Å². The van der Waals surface area contributed by atoms with Crippen LogP contribution in [0.5, 0.6) is 0 Å². The SMILES string of the molecule is CCCN1C[C@@H](NC(=O)N(CC)CC)C[C@@H]2c3cccc4[nH]c(SC)c(c34)C[C@H]21.CCCN1C[C@@H](NC(=O)N(CC)CC)C[C@@H]2c3cccc4[nH]cc(c34)C[C@H]21. The molecule has 0 saturated carbocycles. The molecule has 10 nitrogen and oxygen atoms in total. The van der Waals surface area contributed by atoms with Crippen molar-refractivity contribution in [2.45, 2.75) is 121 Å². The zero-order valence-electron chi connectivity index (χ0n) is 34.9. The van der Waals surface area contributed by atoms with E-state index in [1.54, 1.807) is 0 Å². The minimum atomic E-state index is 0.0796. The zero-order valence-corrected chi connectivity index (χ0v) is 35.7. The second kappa shape index (κ2) is 17.9. The molecule has 4 N–H and O–H groups in total. The van der Waals surface area contributed by atoms with Crippen LogP contribution in [-0.2, 0) is 12.8 Å². The van der Waals surface area contributed by atoms with Crippen LogP contribution in [-0.4, -0.2) is 124 Å². The number of hydrogen-bond acceptors (Lipinski definition) is 5. The Hall–Kier alpha value is -3.67. The summed E-state index contributed by atoms with van der Waals surface area (Å²) in [7, 11) is 0. The van der Waals surface area contributed by atoms with E-state index in [0.717, 1.165) is 90.9 Å². The second-order valence-electron chi connectivity index (χ2n) is 16.3. The Morgan fingerprint density at radius 1 is 0.732 bits per heavy atom. The Balaban J connectivity index is 0.000000172. The van der Waals surface area contributed by atoms with E-state index in [2.05, 4.69) is 93.1 Å². The molecule has 2 saturated heterocycles. The number of hydrogen-bond donors (Lipinski definition) is 4. The number of aromatic nitrogens is 2. The molecule has 4 aromatic rings. The van der Waals surface area contributed by atoms with Gasteiger partial charge in [-0.15, -0.1) is 11.8 Å². The van der Waals surface area contributed by atoms with Crippen molar-refractivity contribution in [1.29, 1.82) is 0 Å². The minimum absolute atomic E-state index is 0.0796. The topological polar surface area (TPSA) is 103 Å². The average Bonchev–Trinajstić information content (AvgIpc) is 3.79. The molecule has 0 unspecified atom stereocenters. The number of thioether (sulfide) groups is 1. The molecule has 2 aromatic heterocycles. The predicted octanol–water partition coefficient (Wildman–Crippen LogP) is 8.15. The molecule has 0 radical (unpaired) electrons. The van der Waals surface area contributed by atoms with Gasteiger partial charge in [0, 0.05) is 103 Å². The van der Waals surface area contributed by atoms with Gasteiger partial charge >= 0.3 is 12.1 Å². The van der Waals surface area contributed by atoms with Crippen LogP contribution < -0.4 is 10.6 Å². The van der Waals surface area contributed by atoms with E-state index in [1.165, 1.54) is 49.1 Å². The average molecular weight is 783 g/mol. The van der Waals surface area contributed by atoms with Crippen LogP contribution in [0.3, 0.4) is 0 Å². The van der Waals surface area contributed by atoms with E-state index in [4.69, 9.17) is 0 Å². The van der Waals surface area contributed by atoms with E-state index in [0.29, 0.717) is 23.9 Å². The highest BCUT2D eigenvalue weighted by molar-refractivity contribution is 7.98. The molecule has 8 rings (SSSR count). The number of likely N-dealkylation sites (tertiary alicyclic amines) is 2. The number of fused-ring (bicyclic) bond motifs is 4. The van der Waals surface area contributed by atoms with E-state index in [1.807, 2.05) is 49.3 Å². The minimum Gasteiger partial charge on any atom is -0.361 e. The van der Waals surface area contributed by atoms with Crippen molar-refractivity contribution in [3.63, 3.8) is 0 Å². The summed E-state index contributed by atoms with van der Waals surface area (Å²) in [6, 6.07) is 15.0. The Bertz CT molecular complexity index is 1970. The molecule has 304 valence electrons. The van der Waals surface area contributed by atoms with Gasteiger partial charge < -0.3 is 30.4 Å². The van der Waals surface area contributed by atoms with E-state index in [-0.39, 0.29) is 24.1 Å². The number of aromatic amines is 2. The van der Waals surface area contributed by atoms with Gasteiger partial charge in [-0.25, -0.2) is 9.59 Å². The normalized spacial score (nSPS) is 24.2. The van der Waals surface area contributed by atoms with Gasteiger partial charge in [-0.2, -0.15) is 0 Å². The molecular formula is C45H66N8O2S. The van der Waals surface area contributed by atoms with Gasteiger partial charge in [0.25, 0.3) is 0 Å². The molecule has 6 atom stereocenters. The number of nitrogens with one attached hydrogen (secondary N) is 4. The first kappa shape index (κ1) is 40.5. The highest BCUT2D eigenvalue weighted by Crippen LogP contribution is 2.46. The first-order valence-electron chi connectivity index (χ1n) is 21.6. The van der Waals surface area contributed by atoms with Gasteiger partial charge in [-0.1, -0.05) is 38.1 Å². The van der Waals surface area contributed by atoms with E-state index < -0.39 is 0 Å². The van der Waals surface area contributed by atoms with Crippen LogP contribution in [0.25, 0.3) is 21.8 Å². The third-order valence-electron chi connectivity index (χ3n) is 13.2. The fraction of sp³-hybridized carbons (Fsp3) is 0.600. The number of carbonyl (C=O) groups excluding carboxylic acids is 2. The summed E-state index contributed by atoms with van der Waals surface area (Å²) in [5, 5.41) is 10.9. The summed E-state index contributed by atoms with van der Waals surface area (Å²) in [4.78, 5) is 41.5. The lowest BCUT2D eigenvalue weighted by Crippen LogP contribution is -2.57. The number of H-pyrrole nitrogens is 2. The number of rotatable bonds is 11. The molecule has 2 aliphatic carbocycles. The number of urea groups is 2. The molecule has 56 heavy (non-hydrogen) atoms. The van der Waals surface area contributed by atoms with Gasteiger partial charge in [-0.05, 0) is 120 Å².